The highest BCUT2D eigenvalue weighted by molar-refractivity contribution is 9.11. The monoisotopic (exact) mass is 305 g/mol. The summed E-state index contributed by atoms with van der Waals surface area (Å²) in [5.41, 5.74) is 0. The van der Waals surface area contributed by atoms with Gasteiger partial charge in [-0.3, -0.25) is 0 Å². The van der Waals surface area contributed by atoms with Crippen LogP contribution in [0.25, 0.3) is 10.8 Å². The maximum absolute atomic E-state index is 11.5. The van der Waals surface area contributed by atoms with Crippen LogP contribution in [0.4, 0.5) is 4.79 Å². The molecular formula is C14H12BrNO2. The van der Waals surface area contributed by atoms with Crippen LogP contribution in [0.2, 0.25) is 0 Å². The number of rotatable bonds is 3. The van der Waals surface area contributed by atoms with Gasteiger partial charge in [-0.1, -0.05) is 58.4 Å². The smallest absolute Gasteiger partial charge is 0.410 e. The van der Waals surface area contributed by atoms with E-state index < -0.39 is 6.09 Å². The highest BCUT2D eigenvalue weighted by Crippen LogP contribution is 2.24. The second-order valence-electron chi connectivity index (χ2n) is 3.61. The molecule has 4 heteroatoms. The van der Waals surface area contributed by atoms with Crippen molar-refractivity contribution in [3.8, 4) is 5.75 Å². The summed E-state index contributed by atoms with van der Waals surface area (Å²) in [7, 11) is 0. The molecule has 0 unspecified atom stereocenters. The van der Waals surface area contributed by atoms with Crippen LogP contribution >= 0.6 is 15.9 Å². The van der Waals surface area contributed by atoms with Gasteiger partial charge < -0.3 is 10.1 Å². The van der Waals surface area contributed by atoms with E-state index in [1.54, 1.807) is 17.1 Å². The number of carbonyl (C=O) groups excluding carboxylic acids is 1. The molecule has 92 valence electrons. The van der Waals surface area contributed by atoms with E-state index in [2.05, 4.69) is 21.2 Å². The first-order valence-electron chi connectivity index (χ1n) is 5.50. The van der Waals surface area contributed by atoms with Crippen LogP contribution in [0.3, 0.4) is 0 Å². The van der Waals surface area contributed by atoms with Crippen molar-refractivity contribution in [1.29, 1.82) is 0 Å². The summed E-state index contributed by atoms with van der Waals surface area (Å²) in [6.45, 7) is 0.425. The Morgan fingerprint density at radius 2 is 2.00 bits per heavy atom. The number of hydrogen-bond acceptors (Lipinski definition) is 2. The Morgan fingerprint density at radius 3 is 2.83 bits per heavy atom. The minimum Gasteiger partial charge on any atom is -0.410 e. The summed E-state index contributed by atoms with van der Waals surface area (Å²) in [5, 5.41) is 4.59. The average Bonchev–Trinajstić information content (AvgIpc) is 2.39. The predicted octanol–water partition coefficient (Wildman–Crippen LogP) is 3.84. The topological polar surface area (TPSA) is 38.3 Å². The van der Waals surface area contributed by atoms with E-state index in [-0.39, 0.29) is 0 Å². The van der Waals surface area contributed by atoms with Gasteiger partial charge in [0.1, 0.15) is 5.75 Å². The standard InChI is InChI=1S/C14H12BrNO2/c15-9-4-10-16-14(17)18-13-8-3-6-11-5-1-2-7-12(11)13/h1-9H,10H2,(H,16,17). The number of hydrogen-bond donors (Lipinski definition) is 1. The van der Waals surface area contributed by atoms with E-state index >= 15 is 0 Å². The average molecular weight is 306 g/mol. The Labute approximate surface area is 114 Å². The second-order valence-corrected chi connectivity index (χ2v) is 4.14. The van der Waals surface area contributed by atoms with Crippen molar-refractivity contribution in [3.05, 3.63) is 53.5 Å². The predicted molar refractivity (Wildman–Crippen MR) is 76.0 cm³/mol. The van der Waals surface area contributed by atoms with E-state index in [0.29, 0.717) is 12.3 Å². The Balaban J connectivity index is 2.14. The van der Waals surface area contributed by atoms with Crippen molar-refractivity contribution < 1.29 is 9.53 Å². The van der Waals surface area contributed by atoms with E-state index in [9.17, 15) is 4.79 Å². The third kappa shape index (κ3) is 3.11. The minimum atomic E-state index is -0.461. The van der Waals surface area contributed by atoms with E-state index in [1.807, 2.05) is 36.4 Å². The third-order valence-corrected chi connectivity index (χ3v) is 2.78. The quantitative estimate of drug-likeness (QED) is 0.935. The van der Waals surface area contributed by atoms with Gasteiger partial charge in [0.25, 0.3) is 0 Å². The zero-order valence-corrected chi connectivity index (χ0v) is 11.2. The van der Waals surface area contributed by atoms with Gasteiger partial charge in [0.05, 0.1) is 0 Å². The number of amides is 1. The molecule has 0 heterocycles. The second kappa shape index (κ2) is 6.21. The highest BCUT2D eigenvalue weighted by Gasteiger charge is 2.06. The fourth-order valence-corrected chi connectivity index (χ4v) is 1.79. The molecular weight excluding hydrogens is 294 g/mol. The molecule has 0 aliphatic heterocycles. The molecule has 2 aromatic carbocycles. The van der Waals surface area contributed by atoms with Crippen molar-refractivity contribution >= 4 is 32.8 Å². The van der Waals surface area contributed by atoms with Crippen LogP contribution in [0.1, 0.15) is 0 Å². The summed E-state index contributed by atoms with van der Waals surface area (Å²) < 4.78 is 5.27. The number of halogens is 1. The van der Waals surface area contributed by atoms with Crippen molar-refractivity contribution in [2.45, 2.75) is 0 Å². The molecule has 2 rings (SSSR count). The van der Waals surface area contributed by atoms with Gasteiger partial charge in [-0.25, -0.2) is 4.79 Å². The van der Waals surface area contributed by atoms with Crippen LogP contribution in [0, 0.1) is 0 Å². The summed E-state index contributed by atoms with van der Waals surface area (Å²) in [5.74, 6) is 0.563. The molecule has 0 fully saturated rings. The SMILES string of the molecule is O=C(NCC=CBr)Oc1cccc2ccccc12. The molecule has 18 heavy (non-hydrogen) atoms. The molecule has 0 aromatic heterocycles. The first-order valence-corrected chi connectivity index (χ1v) is 6.41. The number of benzene rings is 2. The Morgan fingerprint density at radius 1 is 1.22 bits per heavy atom. The first kappa shape index (κ1) is 12.6. The molecule has 1 amide bonds. The van der Waals surface area contributed by atoms with Gasteiger partial charge in [-0.05, 0) is 16.4 Å². The summed E-state index contributed by atoms with van der Waals surface area (Å²) in [6.07, 6.45) is 1.31. The molecule has 0 saturated heterocycles. The maximum Gasteiger partial charge on any atom is 0.412 e. The van der Waals surface area contributed by atoms with Gasteiger partial charge >= 0.3 is 6.09 Å². The largest absolute Gasteiger partial charge is 0.412 e. The molecule has 0 aliphatic rings. The first-order chi connectivity index (χ1) is 8.81. The summed E-state index contributed by atoms with van der Waals surface area (Å²) in [6, 6.07) is 13.4. The Hall–Kier alpha value is -1.81. The van der Waals surface area contributed by atoms with Crippen LogP contribution in [0.5, 0.6) is 5.75 Å². The van der Waals surface area contributed by atoms with Gasteiger partial charge in [0, 0.05) is 11.9 Å². The number of nitrogens with one attached hydrogen (secondary N) is 1. The Bertz CT molecular complexity index is 576. The molecule has 1 N–H and O–H groups in total. The van der Waals surface area contributed by atoms with Crippen LogP contribution in [-0.2, 0) is 0 Å². The van der Waals surface area contributed by atoms with Crippen molar-refractivity contribution in [3.63, 3.8) is 0 Å². The lowest BCUT2D eigenvalue weighted by Crippen LogP contribution is -2.26. The highest BCUT2D eigenvalue weighted by atomic mass is 79.9. The van der Waals surface area contributed by atoms with Crippen molar-refractivity contribution in [1.82, 2.24) is 5.32 Å². The van der Waals surface area contributed by atoms with Gasteiger partial charge in [0.2, 0.25) is 0 Å². The summed E-state index contributed by atoms with van der Waals surface area (Å²) in [4.78, 5) is 13.2. The molecule has 0 bridgehead atoms. The van der Waals surface area contributed by atoms with Crippen molar-refractivity contribution in [2.24, 2.45) is 0 Å². The fourth-order valence-electron chi connectivity index (χ4n) is 1.61. The fraction of sp³-hybridized carbons (Fsp3) is 0.0714. The molecule has 0 aliphatic carbocycles. The van der Waals surface area contributed by atoms with E-state index in [4.69, 9.17) is 4.74 Å². The molecule has 0 saturated carbocycles. The van der Waals surface area contributed by atoms with Crippen LogP contribution in [0.15, 0.2) is 53.5 Å². The zero-order valence-electron chi connectivity index (χ0n) is 9.60. The molecule has 0 spiro atoms. The number of fused-ring (bicyclic) bond motifs is 1. The van der Waals surface area contributed by atoms with E-state index in [1.165, 1.54) is 0 Å². The zero-order chi connectivity index (χ0) is 12.8. The molecule has 0 atom stereocenters. The van der Waals surface area contributed by atoms with Gasteiger partial charge in [-0.2, -0.15) is 0 Å². The lowest BCUT2D eigenvalue weighted by molar-refractivity contribution is 0.202. The minimum absolute atomic E-state index is 0.425. The van der Waals surface area contributed by atoms with Crippen LogP contribution < -0.4 is 10.1 Å². The Kier molecular flexibility index (Phi) is 4.36. The van der Waals surface area contributed by atoms with Crippen LogP contribution in [-0.4, -0.2) is 12.6 Å². The normalized spacial score (nSPS) is 10.7. The molecule has 0 radical (unpaired) electrons. The molecule has 2 aromatic rings. The molecule has 3 nitrogen and oxygen atoms in total. The lowest BCUT2D eigenvalue weighted by Gasteiger charge is -2.07. The summed E-state index contributed by atoms with van der Waals surface area (Å²) >= 11 is 3.13. The van der Waals surface area contributed by atoms with Gasteiger partial charge in [0.15, 0.2) is 0 Å². The number of carbonyl (C=O) groups is 1. The lowest BCUT2D eigenvalue weighted by atomic mass is 10.1. The number of ether oxygens (including phenoxy) is 1. The van der Waals surface area contributed by atoms with E-state index in [0.717, 1.165) is 10.8 Å². The van der Waals surface area contributed by atoms with Crippen molar-refractivity contribution in [2.75, 3.05) is 6.54 Å². The third-order valence-electron chi connectivity index (χ3n) is 2.41. The van der Waals surface area contributed by atoms with Gasteiger partial charge in [-0.15, -0.1) is 0 Å². The maximum atomic E-state index is 11.5.